The molecule has 190 valence electrons. The van der Waals surface area contributed by atoms with E-state index < -0.39 is 17.9 Å². The first-order valence-corrected chi connectivity index (χ1v) is 12.3. The highest BCUT2D eigenvalue weighted by Crippen LogP contribution is 2.42. The summed E-state index contributed by atoms with van der Waals surface area (Å²) in [6.07, 6.45) is 0.637. The summed E-state index contributed by atoms with van der Waals surface area (Å²) in [5.74, 6) is 0.628. The van der Waals surface area contributed by atoms with Crippen molar-refractivity contribution in [2.45, 2.75) is 18.6 Å². The van der Waals surface area contributed by atoms with Crippen molar-refractivity contribution < 1.29 is 17.9 Å². The number of nitrogens with zero attached hydrogens (tertiary/aromatic N) is 6. The van der Waals surface area contributed by atoms with Crippen molar-refractivity contribution in [1.82, 2.24) is 24.9 Å². The Bertz CT molecular complexity index is 1490. The number of benzene rings is 1. The van der Waals surface area contributed by atoms with E-state index in [1.54, 1.807) is 23.4 Å². The van der Waals surface area contributed by atoms with Crippen molar-refractivity contribution in [2.24, 2.45) is 5.41 Å². The number of anilines is 2. The number of aromatic nitrogens is 5. The number of ether oxygens (including phenoxy) is 1. The van der Waals surface area contributed by atoms with Gasteiger partial charge >= 0.3 is 6.18 Å². The predicted octanol–water partition coefficient (Wildman–Crippen LogP) is 4.41. The van der Waals surface area contributed by atoms with Crippen LogP contribution in [0.15, 0.2) is 42.9 Å². The molecular weight excluding hydrogens is 507 g/mol. The Morgan fingerprint density at radius 1 is 1.05 bits per heavy atom. The number of hydrogen-bond acceptors (Lipinski definition) is 7. The fourth-order valence-corrected chi connectivity index (χ4v) is 5.75. The topological polar surface area (TPSA) is 83.1 Å². The van der Waals surface area contributed by atoms with Gasteiger partial charge < -0.3 is 19.5 Å². The van der Waals surface area contributed by atoms with Crippen LogP contribution in [0.5, 0.6) is 0 Å². The van der Waals surface area contributed by atoms with Gasteiger partial charge in [-0.15, -0.1) is 0 Å². The highest BCUT2D eigenvalue weighted by molar-refractivity contribution is 6.31. The van der Waals surface area contributed by atoms with E-state index in [0.29, 0.717) is 23.9 Å². The van der Waals surface area contributed by atoms with Crippen LogP contribution in [0.25, 0.3) is 10.9 Å². The fourth-order valence-electron chi connectivity index (χ4n) is 5.58. The van der Waals surface area contributed by atoms with Gasteiger partial charge in [0, 0.05) is 65.4 Å². The molecular formula is C25H21ClF3N7O. The van der Waals surface area contributed by atoms with Crippen molar-refractivity contribution in [3.63, 3.8) is 0 Å². The molecule has 0 saturated carbocycles. The summed E-state index contributed by atoms with van der Waals surface area (Å²) >= 11 is 6.27. The molecule has 0 radical (unpaired) electrons. The second-order valence-corrected chi connectivity index (χ2v) is 10.4. The maximum Gasteiger partial charge on any atom is 0.433 e. The minimum absolute atomic E-state index is 0.000841. The lowest BCUT2D eigenvalue weighted by Gasteiger charge is -2.54. The molecule has 0 bridgehead atoms. The first kappa shape index (κ1) is 22.7. The third-order valence-corrected chi connectivity index (χ3v) is 7.64. The predicted molar refractivity (Wildman–Crippen MR) is 131 cm³/mol. The van der Waals surface area contributed by atoms with Crippen LogP contribution in [-0.2, 0) is 17.3 Å². The van der Waals surface area contributed by atoms with Gasteiger partial charge in [-0.3, -0.25) is 0 Å². The van der Waals surface area contributed by atoms with Gasteiger partial charge in [-0.25, -0.2) is 19.9 Å². The zero-order valence-electron chi connectivity index (χ0n) is 19.5. The number of rotatable bonds is 3. The molecule has 37 heavy (non-hydrogen) atoms. The van der Waals surface area contributed by atoms with E-state index in [2.05, 4.69) is 29.8 Å². The summed E-state index contributed by atoms with van der Waals surface area (Å²) in [4.78, 5) is 24.7. The lowest BCUT2D eigenvalue weighted by molar-refractivity contribution is -0.141. The zero-order chi connectivity index (χ0) is 25.4. The van der Waals surface area contributed by atoms with Gasteiger partial charge in [0.1, 0.15) is 11.7 Å². The Labute approximate surface area is 214 Å². The Kier molecular flexibility index (Phi) is 4.93. The molecule has 2 saturated heterocycles. The van der Waals surface area contributed by atoms with Gasteiger partial charge in [0.15, 0.2) is 0 Å². The molecule has 3 aliphatic rings. The van der Waals surface area contributed by atoms with E-state index in [4.69, 9.17) is 16.3 Å². The summed E-state index contributed by atoms with van der Waals surface area (Å²) in [6, 6.07) is 5.99. The lowest BCUT2D eigenvalue weighted by atomic mass is 9.78. The van der Waals surface area contributed by atoms with Gasteiger partial charge in [0.2, 0.25) is 11.9 Å². The van der Waals surface area contributed by atoms with Crippen LogP contribution < -0.4 is 9.80 Å². The Morgan fingerprint density at radius 2 is 1.84 bits per heavy atom. The first-order valence-electron chi connectivity index (χ1n) is 11.9. The van der Waals surface area contributed by atoms with E-state index in [0.717, 1.165) is 66.3 Å². The normalized spacial score (nSPS) is 20.6. The largest absolute Gasteiger partial charge is 0.433 e. The third-order valence-electron chi connectivity index (χ3n) is 7.40. The number of aromatic amines is 1. The number of alkyl halides is 3. The Hall–Kier alpha value is -3.44. The van der Waals surface area contributed by atoms with E-state index in [-0.39, 0.29) is 11.4 Å². The number of nitrogens with one attached hydrogen (secondary N) is 1. The molecule has 1 spiro atoms. The molecule has 3 aromatic heterocycles. The molecule has 0 aliphatic carbocycles. The summed E-state index contributed by atoms with van der Waals surface area (Å²) in [5, 5.41) is 1.61. The molecule has 0 amide bonds. The highest BCUT2D eigenvalue weighted by Gasteiger charge is 2.50. The fraction of sp³-hybridized carbons (Fsp3) is 0.360. The molecule has 1 aromatic carbocycles. The smallest absolute Gasteiger partial charge is 0.380 e. The number of H-pyrrole nitrogens is 1. The van der Waals surface area contributed by atoms with Crippen molar-refractivity contribution in [2.75, 3.05) is 42.6 Å². The van der Waals surface area contributed by atoms with Crippen LogP contribution in [0.4, 0.5) is 25.1 Å². The molecule has 8 nitrogen and oxygen atoms in total. The Morgan fingerprint density at radius 3 is 2.54 bits per heavy atom. The average Bonchev–Trinajstić information content (AvgIpc) is 3.19. The van der Waals surface area contributed by atoms with Gasteiger partial charge in [-0.05, 0) is 36.2 Å². The maximum atomic E-state index is 13.5. The van der Waals surface area contributed by atoms with Crippen LogP contribution in [0.2, 0.25) is 5.02 Å². The summed E-state index contributed by atoms with van der Waals surface area (Å²) in [6.45, 7) is 3.65. The molecule has 1 atom stereocenters. The van der Waals surface area contributed by atoms with Crippen molar-refractivity contribution >= 4 is 34.4 Å². The summed E-state index contributed by atoms with van der Waals surface area (Å²) < 4.78 is 45.7. The quantitative estimate of drug-likeness (QED) is 0.422. The minimum Gasteiger partial charge on any atom is -0.380 e. The second-order valence-electron chi connectivity index (χ2n) is 9.96. The molecule has 12 heteroatoms. The van der Waals surface area contributed by atoms with Crippen molar-refractivity contribution in [3.8, 4) is 0 Å². The molecule has 3 aliphatic heterocycles. The van der Waals surface area contributed by atoms with Crippen molar-refractivity contribution in [3.05, 3.63) is 70.4 Å². The molecule has 2 fully saturated rings. The van der Waals surface area contributed by atoms with Gasteiger partial charge in [0.25, 0.3) is 0 Å². The molecule has 1 unspecified atom stereocenters. The van der Waals surface area contributed by atoms with Crippen LogP contribution in [0.1, 0.15) is 28.6 Å². The van der Waals surface area contributed by atoms with E-state index >= 15 is 0 Å². The average molecular weight is 528 g/mol. The monoisotopic (exact) mass is 527 g/mol. The highest BCUT2D eigenvalue weighted by atomic mass is 35.5. The third kappa shape index (κ3) is 3.71. The SMILES string of the molecule is FC(F)(F)c1ccnc(N2CCc3c([nH]c4ccc(Cl)cc34)C2c2cnc(N3CC4(COC4)C3)nc2)n1. The van der Waals surface area contributed by atoms with E-state index in [1.165, 1.54) is 0 Å². The summed E-state index contributed by atoms with van der Waals surface area (Å²) in [7, 11) is 0. The molecule has 4 aromatic rings. The number of hydrogen-bond donors (Lipinski definition) is 1. The van der Waals surface area contributed by atoms with Gasteiger partial charge in [-0.2, -0.15) is 13.2 Å². The van der Waals surface area contributed by atoms with Crippen LogP contribution >= 0.6 is 11.6 Å². The van der Waals surface area contributed by atoms with E-state index in [1.807, 2.05) is 12.1 Å². The van der Waals surface area contributed by atoms with Gasteiger partial charge in [0.05, 0.1) is 18.6 Å². The maximum absolute atomic E-state index is 13.5. The zero-order valence-corrected chi connectivity index (χ0v) is 20.2. The van der Waals surface area contributed by atoms with Crippen LogP contribution in [0.3, 0.4) is 0 Å². The molecule has 1 N–H and O–H groups in total. The first-order chi connectivity index (χ1) is 17.8. The summed E-state index contributed by atoms with van der Waals surface area (Å²) in [5.41, 5.74) is 2.77. The number of fused-ring (bicyclic) bond motifs is 3. The molecule has 6 heterocycles. The van der Waals surface area contributed by atoms with E-state index in [9.17, 15) is 13.2 Å². The Balaban J connectivity index is 1.30. The second kappa shape index (κ2) is 8.03. The number of halogens is 4. The minimum atomic E-state index is -4.57. The molecule has 7 rings (SSSR count). The van der Waals surface area contributed by atoms with Gasteiger partial charge in [-0.1, -0.05) is 11.6 Å². The van der Waals surface area contributed by atoms with Crippen LogP contribution in [0, 0.1) is 5.41 Å². The lowest BCUT2D eigenvalue weighted by Crippen LogP contribution is -2.66. The van der Waals surface area contributed by atoms with Crippen LogP contribution in [-0.4, -0.2) is 57.8 Å². The standard InChI is InChI=1S/C25H21ClF3N7O/c26-15-1-2-18-17(7-15)16-4-6-36(23-30-5-3-19(34-23)25(27,28)29)21(20(16)33-18)14-8-31-22(32-9-14)35-10-24(11-35)12-37-13-24/h1-3,5,7-9,21,33H,4,6,10-13H2. The van der Waals surface area contributed by atoms with Crippen molar-refractivity contribution in [1.29, 1.82) is 0 Å².